The summed E-state index contributed by atoms with van der Waals surface area (Å²) in [6, 6.07) is 12.3. The molecule has 0 unspecified atom stereocenters. The number of rotatable bonds is 8. The fourth-order valence-electron chi connectivity index (χ4n) is 4.44. The van der Waals surface area contributed by atoms with E-state index in [1.807, 2.05) is 30.3 Å². The molecule has 34 heavy (non-hydrogen) atoms. The highest BCUT2D eigenvalue weighted by molar-refractivity contribution is 5.82. The first-order valence-corrected chi connectivity index (χ1v) is 11.5. The van der Waals surface area contributed by atoms with Gasteiger partial charge in [0.15, 0.2) is 0 Å². The first kappa shape index (κ1) is 25.1. The van der Waals surface area contributed by atoms with Crippen LogP contribution in [0.25, 0.3) is 0 Å². The number of aliphatic carboxylic acids is 1. The Morgan fingerprint density at radius 1 is 1.00 bits per heavy atom. The molecule has 1 aliphatic rings. The van der Waals surface area contributed by atoms with Crippen molar-refractivity contribution in [2.24, 2.45) is 0 Å². The van der Waals surface area contributed by atoms with Crippen LogP contribution in [-0.2, 0) is 20.9 Å². The first-order chi connectivity index (χ1) is 16.2. The quantitative estimate of drug-likeness (QED) is 0.617. The number of nitrogens with zero attached hydrogens (tertiary/aromatic N) is 2. The van der Waals surface area contributed by atoms with Gasteiger partial charge in [-0.05, 0) is 43.9 Å². The molecule has 2 amide bonds. The number of nitrogens with one attached hydrogen (secondary N) is 1. The van der Waals surface area contributed by atoms with Crippen molar-refractivity contribution in [3.63, 3.8) is 0 Å². The Hall–Kier alpha value is -3.55. The molecule has 2 aromatic rings. The van der Waals surface area contributed by atoms with Crippen molar-refractivity contribution in [3.8, 4) is 0 Å². The summed E-state index contributed by atoms with van der Waals surface area (Å²) in [5.74, 6) is -1.30. The molecule has 182 valence electrons. The van der Waals surface area contributed by atoms with Crippen molar-refractivity contribution in [1.29, 1.82) is 0 Å². The van der Waals surface area contributed by atoms with Crippen LogP contribution in [0.2, 0.25) is 0 Å². The number of alkyl carbamates (subject to hydrolysis) is 1. The summed E-state index contributed by atoms with van der Waals surface area (Å²) in [6.45, 7) is 8.95. The molecular weight excluding hydrogens is 434 g/mol. The molecule has 2 aromatic carbocycles. The Morgan fingerprint density at radius 3 is 2.21 bits per heavy atom. The third kappa shape index (κ3) is 6.73. The number of aryl methyl sites for hydroxylation is 3. The number of ether oxygens (including phenoxy) is 1. The zero-order valence-corrected chi connectivity index (χ0v) is 20.0. The molecule has 1 fully saturated rings. The Morgan fingerprint density at radius 2 is 1.62 bits per heavy atom. The zero-order valence-electron chi connectivity index (χ0n) is 20.0. The van der Waals surface area contributed by atoms with Crippen LogP contribution in [0, 0.1) is 20.8 Å². The smallest absolute Gasteiger partial charge is 0.408 e. The Labute approximate surface area is 200 Å². The van der Waals surface area contributed by atoms with E-state index in [4.69, 9.17) is 4.74 Å². The standard InChI is InChI=1S/C26H33N3O5/c1-18-15-19(2)24(20(3)16-18)29-13-11-28(12-14-29)23(30)10-9-22(25(31)32)27-26(33)34-17-21-7-5-4-6-8-21/h4-8,15-16,22H,9-14,17H2,1-3H3,(H,27,33)(H,31,32)/t22-/m0/s1. The summed E-state index contributed by atoms with van der Waals surface area (Å²) in [7, 11) is 0. The van der Waals surface area contributed by atoms with Gasteiger partial charge in [0.2, 0.25) is 5.91 Å². The lowest BCUT2D eigenvalue weighted by atomic mass is 10.0. The lowest BCUT2D eigenvalue weighted by molar-refractivity contribution is -0.140. The molecule has 0 radical (unpaired) electrons. The normalized spacial score (nSPS) is 14.4. The topological polar surface area (TPSA) is 99.2 Å². The maximum absolute atomic E-state index is 12.7. The van der Waals surface area contributed by atoms with E-state index in [-0.39, 0.29) is 25.4 Å². The Bertz CT molecular complexity index is 993. The highest BCUT2D eigenvalue weighted by Crippen LogP contribution is 2.27. The van der Waals surface area contributed by atoms with Crippen molar-refractivity contribution in [2.45, 2.75) is 46.3 Å². The maximum atomic E-state index is 12.7. The van der Waals surface area contributed by atoms with E-state index in [9.17, 15) is 19.5 Å². The Balaban J connectivity index is 1.46. The van der Waals surface area contributed by atoms with Gasteiger partial charge in [-0.3, -0.25) is 4.79 Å². The van der Waals surface area contributed by atoms with Crippen LogP contribution in [0.5, 0.6) is 0 Å². The summed E-state index contributed by atoms with van der Waals surface area (Å²) in [6.07, 6.45) is -0.773. The van der Waals surface area contributed by atoms with Crippen LogP contribution in [0.1, 0.15) is 35.1 Å². The molecule has 1 heterocycles. The summed E-state index contributed by atoms with van der Waals surface area (Å²) in [4.78, 5) is 40.4. The van der Waals surface area contributed by atoms with Gasteiger partial charge in [0.1, 0.15) is 12.6 Å². The SMILES string of the molecule is Cc1cc(C)c(N2CCN(C(=O)CC[C@H](NC(=O)OCc3ccccc3)C(=O)O)CC2)c(C)c1. The maximum Gasteiger partial charge on any atom is 0.408 e. The van der Waals surface area contributed by atoms with Crippen molar-refractivity contribution in [1.82, 2.24) is 10.2 Å². The van der Waals surface area contributed by atoms with Gasteiger partial charge in [0, 0.05) is 38.3 Å². The number of carbonyl (C=O) groups excluding carboxylic acids is 2. The fraction of sp³-hybridized carbons (Fsp3) is 0.423. The van der Waals surface area contributed by atoms with Gasteiger partial charge in [-0.25, -0.2) is 9.59 Å². The van der Waals surface area contributed by atoms with Gasteiger partial charge in [0.25, 0.3) is 0 Å². The molecule has 8 heteroatoms. The second-order valence-electron chi connectivity index (χ2n) is 8.75. The van der Waals surface area contributed by atoms with Crippen LogP contribution in [0.4, 0.5) is 10.5 Å². The highest BCUT2D eigenvalue weighted by Gasteiger charge is 2.26. The molecule has 0 aromatic heterocycles. The molecule has 1 saturated heterocycles. The molecule has 0 bridgehead atoms. The molecule has 0 saturated carbocycles. The number of anilines is 1. The lowest BCUT2D eigenvalue weighted by Gasteiger charge is -2.38. The molecule has 1 atom stereocenters. The number of carboxylic acid groups (broad SMARTS) is 1. The van der Waals surface area contributed by atoms with Crippen LogP contribution in [0.15, 0.2) is 42.5 Å². The minimum absolute atomic E-state index is 0.00496. The number of benzene rings is 2. The van der Waals surface area contributed by atoms with E-state index < -0.39 is 18.1 Å². The number of hydrogen-bond donors (Lipinski definition) is 2. The predicted molar refractivity (Wildman–Crippen MR) is 130 cm³/mol. The van der Waals surface area contributed by atoms with E-state index >= 15 is 0 Å². The van der Waals surface area contributed by atoms with Crippen LogP contribution in [0.3, 0.4) is 0 Å². The first-order valence-electron chi connectivity index (χ1n) is 11.5. The van der Waals surface area contributed by atoms with Crippen LogP contribution >= 0.6 is 0 Å². The summed E-state index contributed by atoms with van der Waals surface area (Å²) in [5.41, 5.74) is 5.72. The monoisotopic (exact) mass is 467 g/mol. The molecule has 8 nitrogen and oxygen atoms in total. The molecule has 1 aliphatic heterocycles. The van der Waals surface area contributed by atoms with Crippen molar-refractivity contribution in [2.75, 3.05) is 31.1 Å². The van der Waals surface area contributed by atoms with Crippen LogP contribution in [-0.4, -0.2) is 60.2 Å². The fourth-order valence-corrected chi connectivity index (χ4v) is 4.44. The average Bonchev–Trinajstić information content (AvgIpc) is 2.80. The number of hydrogen-bond acceptors (Lipinski definition) is 5. The van der Waals surface area contributed by atoms with Gasteiger partial charge in [-0.2, -0.15) is 0 Å². The summed E-state index contributed by atoms with van der Waals surface area (Å²) >= 11 is 0. The van der Waals surface area contributed by atoms with Crippen molar-refractivity contribution in [3.05, 3.63) is 64.7 Å². The summed E-state index contributed by atoms with van der Waals surface area (Å²) in [5, 5.41) is 11.8. The lowest BCUT2D eigenvalue weighted by Crippen LogP contribution is -2.49. The largest absolute Gasteiger partial charge is 0.480 e. The highest BCUT2D eigenvalue weighted by atomic mass is 16.5. The van der Waals surface area contributed by atoms with E-state index in [0.717, 1.165) is 18.7 Å². The third-order valence-corrected chi connectivity index (χ3v) is 6.03. The number of piperazine rings is 1. The minimum atomic E-state index is -1.19. The Kier molecular flexibility index (Phi) is 8.51. The van der Waals surface area contributed by atoms with Crippen molar-refractivity contribution < 1.29 is 24.2 Å². The van der Waals surface area contributed by atoms with Crippen molar-refractivity contribution >= 4 is 23.7 Å². The van der Waals surface area contributed by atoms with Gasteiger partial charge in [0.05, 0.1) is 0 Å². The zero-order chi connectivity index (χ0) is 24.7. The van der Waals surface area contributed by atoms with E-state index in [1.54, 1.807) is 4.90 Å². The van der Waals surface area contributed by atoms with E-state index in [0.29, 0.717) is 13.1 Å². The molecule has 3 rings (SSSR count). The van der Waals surface area contributed by atoms with Gasteiger partial charge in [-0.1, -0.05) is 48.0 Å². The average molecular weight is 468 g/mol. The van der Waals surface area contributed by atoms with Gasteiger partial charge in [-0.15, -0.1) is 0 Å². The second kappa shape index (κ2) is 11.5. The molecule has 2 N–H and O–H groups in total. The molecule has 0 spiro atoms. The van der Waals surface area contributed by atoms with Crippen LogP contribution < -0.4 is 10.2 Å². The second-order valence-corrected chi connectivity index (χ2v) is 8.75. The van der Waals surface area contributed by atoms with Gasteiger partial charge >= 0.3 is 12.1 Å². The van der Waals surface area contributed by atoms with E-state index in [1.165, 1.54) is 22.4 Å². The molecular formula is C26H33N3O5. The third-order valence-electron chi connectivity index (χ3n) is 6.03. The number of carbonyl (C=O) groups is 3. The molecule has 0 aliphatic carbocycles. The number of carboxylic acids is 1. The minimum Gasteiger partial charge on any atom is -0.480 e. The predicted octanol–water partition coefficient (Wildman–Crippen LogP) is 3.42. The summed E-state index contributed by atoms with van der Waals surface area (Å²) < 4.78 is 5.10. The van der Waals surface area contributed by atoms with E-state index in [2.05, 4.69) is 43.1 Å². The number of amides is 2. The van der Waals surface area contributed by atoms with Gasteiger partial charge < -0.3 is 25.0 Å².